The second kappa shape index (κ2) is 8.77. The number of ether oxygens (including phenoxy) is 1. The standard InChI is InChI=1S/C26H35FO5S2/c1-6-22(31)32-26(21(30)14-34-33-5)15(2)11-19-18-8-7-16-12-17(28)9-10-23(16,3)25(18,27)20(29)13-24(19,26)4/h9-10,12,15,18-20,29H,6-8,11,13-14H2,1-5H3/t15-,18-,19-,20-,23-,24-,25-,26-/m0/s1. The quantitative estimate of drug-likeness (QED) is 0.403. The first kappa shape index (κ1) is 26.0. The average Bonchev–Trinajstić information content (AvgIpc) is 3.00. The molecule has 4 aliphatic carbocycles. The molecule has 0 aliphatic heterocycles. The van der Waals surface area contributed by atoms with E-state index in [0.29, 0.717) is 19.3 Å². The second-order valence-corrected chi connectivity index (χ2v) is 13.4. The average molecular weight is 511 g/mol. The third-order valence-corrected chi connectivity index (χ3v) is 11.1. The number of allylic oxidation sites excluding steroid dienone is 4. The number of Topliss-reactive ketones (excluding diaryl/α,β-unsaturated/α-hetero) is 1. The van der Waals surface area contributed by atoms with E-state index < -0.39 is 40.1 Å². The summed E-state index contributed by atoms with van der Waals surface area (Å²) in [5.41, 5.74) is -4.62. The summed E-state index contributed by atoms with van der Waals surface area (Å²) in [6.07, 6.45) is 6.83. The molecule has 0 aromatic heterocycles. The van der Waals surface area contributed by atoms with Gasteiger partial charge >= 0.3 is 5.97 Å². The van der Waals surface area contributed by atoms with E-state index in [1.54, 1.807) is 19.9 Å². The molecule has 0 amide bonds. The molecule has 8 atom stereocenters. The molecule has 34 heavy (non-hydrogen) atoms. The van der Waals surface area contributed by atoms with E-state index in [2.05, 4.69) is 0 Å². The maximum Gasteiger partial charge on any atom is 0.306 e. The van der Waals surface area contributed by atoms with E-state index in [1.165, 1.54) is 33.7 Å². The number of aliphatic hydroxyl groups is 1. The van der Waals surface area contributed by atoms with E-state index in [4.69, 9.17) is 4.74 Å². The van der Waals surface area contributed by atoms with Crippen molar-refractivity contribution in [3.05, 3.63) is 23.8 Å². The van der Waals surface area contributed by atoms with Gasteiger partial charge in [0.25, 0.3) is 0 Å². The highest BCUT2D eigenvalue weighted by Gasteiger charge is 2.77. The lowest BCUT2D eigenvalue weighted by atomic mass is 9.44. The van der Waals surface area contributed by atoms with Crippen molar-refractivity contribution < 1.29 is 28.6 Å². The molecule has 0 radical (unpaired) electrons. The molecular weight excluding hydrogens is 475 g/mol. The number of esters is 1. The largest absolute Gasteiger partial charge is 0.450 e. The van der Waals surface area contributed by atoms with Gasteiger partial charge in [-0.2, -0.15) is 0 Å². The van der Waals surface area contributed by atoms with Gasteiger partial charge in [0.1, 0.15) is 0 Å². The van der Waals surface area contributed by atoms with Crippen molar-refractivity contribution in [3.63, 3.8) is 0 Å². The van der Waals surface area contributed by atoms with E-state index in [1.807, 2.05) is 20.1 Å². The van der Waals surface area contributed by atoms with Crippen molar-refractivity contribution in [2.24, 2.45) is 28.6 Å². The molecule has 188 valence electrons. The van der Waals surface area contributed by atoms with Crippen LogP contribution in [0.1, 0.15) is 59.8 Å². The number of rotatable bonds is 6. The Bertz CT molecular complexity index is 965. The maximum atomic E-state index is 17.3. The Morgan fingerprint density at radius 3 is 2.65 bits per heavy atom. The summed E-state index contributed by atoms with van der Waals surface area (Å²) in [5.74, 6) is -1.63. The molecule has 8 heteroatoms. The van der Waals surface area contributed by atoms with Crippen LogP contribution in [0.2, 0.25) is 0 Å². The van der Waals surface area contributed by atoms with Gasteiger partial charge in [-0.15, -0.1) is 0 Å². The minimum atomic E-state index is -1.97. The molecule has 0 bridgehead atoms. The van der Waals surface area contributed by atoms with Crippen molar-refractivity contribution >= 4 is 39.1 Å². The number of carbonyl (C=O) groups is 3. The van der Waals surface area contributed by atoms with Crippen LogP contribution in [-0.2, 0) is 19.1 Å². The van der Waals surface area contributed by atoms with Crippen LogP contribution in [0.15, 0.2) is 23.8 Å². The highest BCUT2D eigenvalue weighted by molar-refractivity contribution is 8.76. The smallest absolute Gasteiger partial charge is 0.306 e. The molecule has 4 rings (SSSR count). The lowest BCUT2D eigenvalue weighted by Gasteiger charge is -2.62. The highest BCUT2D eigenvalue weighted by Crippen LogP contribution is 2.71. The molecule has 1 N–H and O–H groups in total. The first-order chi connectivity index (χ1) is 15.9. The van der Waals surface area contributed by atoms with Gasteiger partial charge in [0, 0.05) is 29.1 Å². The molecule has 3 fully saturated rings. The van der Waals surface area contributed by atoms with Crippen molar-refractivity contribution in [2.45, 2.75) is 77.2 Å². The van der Waals surface area contributed by atoms with Gasteiger partial charge < -0.3 is 9.84 Å². The molecule has 3 saturated carbocycles. The third kappa shape index (κ3) is 3.27. The van der Waals surface area contributed by atoms with Crippen molar-refractivity contribution in [2.75, 3.05) is 12.0 Å². The summed E-state index contributed by atoms with van der Waals surface area (Å²) in [6, 6.07) is 0. The summed E-state index contributed by atoms with van der Waals surface area (Å²) < 4.78 is 23.4. The molecule has 0 unspecified atom stereocenters. The number of carbonyl (C=O) groups excluding carboxylic acids is 3. The van der Waals surface area contributed by atoms with Crippen molar-refractivity contribution in [1.82, 2.24) is 0 Å². The Kier molecular flexibility index (Phi) is 6.69. The van der Waals surface area contributed by atoms with Gasteiger partial charge in [0.15, 0.2) is 22.8 Å². The summed E-state index contributed by atoms with van der Waals surface area (Å²) in [5, 5.41) is 11.5. The third-order valence-electron chi connectivity index (χ3n) is 9.47. The van der Waals surface area contributed by atoms with E-state index in [-0.39, 0.29) is 42.0 Å². The number of ketones is 2. The van der Waals surface area contributed by atoms with Crippen LogP contribution in [0.4, 0.5) is 4.39 Å². The monoisotopic (exact) mass is 510 g/mol. The van der Waals surface area contributed by atoms with Crippen LogP contribution in [0.5, 0.6) is 0 Å². The first-order valence-corrected chi connectivity index (χ1v) is 14.9. The highest BCUT2D eigenvalue weighted by atomic mass is 33.1. The van der Waals surface area contributed by atoms with Crippen molar-refractivity contribution in [1.29, 1.82) is 0 Å². The fourth-order valence-corrected chi connectivity index (χ4v) is 8.98. The van der Waals surface area contributed by atoms with Gasteiger partial charge in [-0.05, 0) is 56.9 Å². The van der Waals surface area contributed by atoms with E-state index in [0.717, 1.165) is 5.57 Å². The van der Waals surface area contributed by atoms with Crippen LogP contribution in [0, 0.1) is 28.6 Å². The zero-order valence-electron chi connectivity index (χ0n) is 20.6. The minimum absolute atomic E-state index is 0.0202. The Hall–Kier alpha value is -1.12. The lowest BCUT2D eigenvalue weighted by Crippen LogP contribution is -2.70. The summed E-state index contributed by atoms with van der Waals surface area (Å²) in [4.78, 5) is 38.4. The number of alkyl halides is 1. The SMILES string of the molecule is CCC(=O)O[C@]1(C(=O)CSSC)[C@@H](C)C[C@H]2[C@@H]3CCC4=CC(=O)C=C[C@]4(C)[C@@]3(F)[C@@H](O)C[C@@]21C. The van der Waals surface area contributed by atoms with E-state index >= 15 is 4.39 Å². The lowest BCUT2D eigenvalue weighted by molar-refractivity contribution is -0.226. The Balaban J connectivity index is 1.83. The zero-order chi connectivity index (χ0) is 25.1. The molecule has 0 aromatic rings. The number of aliphatic hydroxyl groups excluding tert-OH is 1. The summed E-state index contributed by atoms with van der Waals surface area (Å²) in [6.45, 7) is 7.33. The Morgan fingerprint density at radius 2 is 2.00 bits per heavy atom. The number of hydrogen-bond donors (Lipinski definition) is 1. The molecule has 0 spiro atoms. The fourth-order valence-electron chi connectivity index (χ4n) is 7.87. The molecule has 0 saturated heterocycles. The van der Waals surface area contributed by atoms with Crippen LogP contribution in [0.25, 0.3) is 0 Å². The maximum absolute atomic E-state index is 17.3. The van der Waals surface area contributed by atoms with Gasteiger partial charge in [-0.25, -0.2) is 4.39 Å². The van der Waals surface area contributed by atoms with Gasteiger partial charge in [-0.3, -0.25) is 14.4 Å². The summed E-state index contributed by atoms with van der Waals surface area (Å²) in [7, 11) is 2.88. The van der Waals surface area contributed by atoms with Crippen LogP contribution in [0.3, 0.4) is 0 Å². The zero-order valence-corrected chi connectivity index (χ0v) is 22.2. The first-order valence-electron chi connectivity index (χ1n) is 12.1. The van der Waals surface area contributed by atoms with Crippen LogP contribution >= 0.6 is 21.6 Å². The minimum Gasteiger partial charge on any atom is -0.450 e. The molecule has 4 aliphatic rings. The molecule has 0 aromatic carbocycles. The predicted molar refractivity (Wildman–Crippen MR) is 133 cm³/mol. The number of hydrogen-bond acceptors (Lipinski definition) is 7. The second-order valence-electron chi connectivity index (χ2n) is 10.8. The molecule has 5 nitrogen and oxygen atoms in total. The molecule has 0 heterocycles. The Labute approximate surface area is 209 Å². The van der Waals surface area contributed by atoms with Gasteiger partial charge in [0.2, 0.25) is 0 Å². The normalized spacial score (nSPS) is 45.1. The predicted octanol–water partition coefficient (Wildman–Crippen LogP) is 4.88. The van der Waals surface area contributed by atoms with Crippen LogP contribution in [-0.4, -0.2) is 52.0 Å². The van der Waals surface area contributed by atoms with E-state index in [9.17, 15) is 19.5 Å². The van der Waals surface area contributed by atoms with Gasteiger partial charge in [-0.1, -0.05) is 54.0 Å². The fraction of sp³-hybridized carbons (Fsp3) is 0.731. The number of fused-ring (bicyclic) bond motifs is 5. The molecular formula is C26H35FO5S2. The van der Waals surface area contributed by atoms with Gasteiger partial charge in [0.05, 0.1) is 11.9 Å². The topological polar surface area (TPSA) is 80.7 Å². The van der Waals surface area contributed by atoms with Crippen LogP contribution < -0.4 is 0 Å². The number of halogens is 1. The summed E-state index contributed by atoms with van der Waals surface area (Å²) >= 11 is 0. The Morgan fingerprint density at radius 1 is 1.29 bits per heavy atom. The van der Waals surface area contributed by atoms with Crippen molar-refractivity contribution in [3.8, 4) is 0 Å².